The van der Waals surface area contributed by atoms with Crippen molar-refractivity contribution in [2.75, 3.05) is 6.61 Å². The summed E-state index contributed by atoms with van der Waals surface area (Å²) in [4.78, 5) is 10.9. The van der Waals surface area contributed by atoms with Gasteiger partial charge in [-0.25, -0.2) is 5.43 Å². The molecule has 0 atom stereocenters. The van der Waals surface area contributed by atoms with Crippen molar-refractivity contribution >= 4 is 11.6 Å². The Hall–Kier alpha value is -1.84. The van der Waals surface area contributed by atoms with Gasteiger partial charge in [-0.1, -0.05) is 32.9 Å². The Morgan fingerprint density at radius 2 is 1.94 bits per heavy atom. The van der Waals surface area contributed by atoms with Crippen LogP contribution in [0.15, 0.2) is 29.4 Å². The maximum absolute atomic E-state index is 10.9. The zero-order valence-electron chi connectivity index (χ0n) is 11.0. The fourth-order valence-corrected chi connectivity index (χ4v) is 1.71. The van der Waals surface area contributed by atoms with Gasteiger partial charge in [-0.05, 0) is 23.1 Å². The van der Waals surface area contributed by atoms with Gasteiger partial charge in [0.1, 0.15) is 12.4 Å². The number of amides is 1. The SMILES string of the molecule is CC(C)(C)c1ccc(OCC2=NNC(=O)C2)cc1. The lowest BCUT2D eigenvalue weighted by atomic mass is 9.87. The van der Waals surface area contributed by atoms with Gasteiger partial charge in [0.05, 0.1) is 12.1 Å². The van der Waals surface area contributed by atoms with Crippen molar-refractivity contribution in [2.45, 2.75) is 32.6 Å². The highest BCUT2D eigenvalue weighted by molar-refractivity contribution is 6.05. The number of carbonyl (C=O) groups is 1. The van der Waals surface area contributed by atoms with E-state index in [1.165, 1.54) is 5.56 Å². The highest BCUT2D eigenvalue weighted by Gasteiger charge is 2.15. The average Bonchev–Trinajstić information content (AvgIpc) is 2.72. The van der Waals surface area contributed by atoms with Crippen molar-refractivity contribution in [3.05, 3.63) is 29.8 Å². The molecule has 4 nitrogen and oxygen atoms in total. The van der Waals surface area contributed by atoms with Gasteiger partial charge in [0.15, 0.2) is 0 Å². The van der Waals surface area contributed by atoms with E-state index >= 15 is 0 Å². The Bertz CT molecular complexity index is 470. The van der Waals surface area contributed by atoms with Gasteiger partial charge >= 0.3 is 0 Å². The predicted octanol–water partition coefficient (Wildman–Crippen LogP) is 2.24. The van der Waals surface area contributed by atoms with Crippen molar-refractivity contribution in [1.82, 2.24) is 5.43 Å². The molecule has 0 unspecified atom stereocenters. The van der Waals surface area contributed by atoms with Crippen molar-refractivity contribution in [3.63, 3.8) is 0 Å². The second-order valence-corrected chi connectivity index (χ2v) is 5.45. The van der Waals surface area contributed by atoms with E-state index in [-0.39, 0.29) is 11.3 Å². The highest BCUT2D eigenvalue weighted by Crippen LogP contribution is 2.24. The lowest BCUT2D eigenvalue weighted by Crippen LogP contribution is -2.13. The monoisotopic (exact) mass is 246 g/mol. The first-order valence-corrected chi connectivity index (χ1v) is 6.03. The van der Waals surface area contributed by atoms with Crippen LogP contribution < -0.4 is 10.2 Å². The maximum Gasteiger partial charge on any atom is 0.245 e. The summed E-state index contributed by atoms with van der Waals surface area (Å²) < 4.78 is 5.58. The van der Waals surface area contributed by atoms with Gasteiger partial charge in [-0.15, -0.1) is 0 Å². The molecule has 4 heteroatoms. The smallest absolute Gasteiger partial charge is 0.245 e. The Morgan fingerprint density at radius 1 is 1.28 bits per heavy atom. The van der Waals surface area contributed by atoms with Crippen LogP contribution in [0.5, 0.6) is 5.75 Å². The van der Waals surface area contributed by atoms with E-state index < -0.39 is 0 Å². The molecule has 1 N–H and O–H groups in total. The molecule has 0 fully saturated rings. The van der Waals surface area contributed by atoms with Crippen LogP contribution in [0.4, 0.5) is 0 Å². The zero-order valence-corrected chi connectivity index (χ0v) is 11.0. The summed E-state index contributed by atoms with van der Waals surface area (Å²) in [7, 11) is 0. The van der Waals surface area contributed by atoms with Crippen LogP contribution in [-0.2, 0) is 10.2 Å². The van der Waals surface area contributed by atoms with Gasteiger partial charge in [0.2, 0.25) is 5.91 Å². The highest BCUT2D eigenvalue weighted by atomic mass is 16.5. The van der Waals surface area contributed by atoms with Crippen LogP contribution in [-0.4, -0.2) is 18.2 Å². The molecule has 0 saturated heterocycles. The van der Waals surface area contributed by atoms with E-state index in [1.807, 2.05) is 12.1 Å². The van der Waals surface area contributed by atoms with Crippen LogP contribution in [0.1, 0.15) is 32.8 Å². The second-order valence-electron chi connectivity index (χ2n) is 5.45. The molecular formula is C14H18N2O2. The summed E-state index contributed by atoms with van der Waals surface area (Å²) in [5.41, 5.74) is 4.55. The molecule has 2 rings (SSSR count). The van der Waals surface area contributed by atoms with E-state index in [0.29, 0.717) is 13.0 Å². The molecule has 1 aliphatic heterocycles. The molecule has 0 spiro atoms. The fourth-order valence-electron chi connectivity index (χ4n) is 1.71. The Balaban J connectivity index is 1.93. The molecule has 0 aliphatic carbocycles. The average molecular weight is 246 g/mol. The van der Waals surface area contributed by atoms with Crippen molar-refractivity contribution in [3.8, 4) is 5.75 Å². The molecule has 0 saturated carbocycles. The first-order chi connectivity index (χ1) is 8.45. The third kappa shape index (κ3) is 3.09. The first kappa shape index (κ1) is 12.6. The second kappa shape index (κ2) is 4.80. The minimum atomic E-state index is -0.0725. The molecule has 1 amide bonds. The fraction of sp³-hybridized carbons (Fsp3) is 0.429. The third-order valence-electron chi connectivity index (χ3n) is 2.83. The molecule has 1 heterocycles. The minimum Gasteiger partial charge on any atom is -0.488 e. The van der Waals surface area contributed by atoms with E-state index in [0.717, 1.165) is 11.5 Å². The summed E-state index contributed by atoms with van der Waals surface area (Å²) in [6.45, 7) is 6.88. The van der Waals surface area contributed by atoms with Gasteiger partial charge in [0.25, 0.3) is 0 Å². The topological polar surface area (TPSA) is 50.7 Å². The quantitative estimate of drug-likeness (QED) is 0.889. The molecule has 18 heavy (non-hydrogen) atoms. The van der Waals surface area contributed by atoms with Gasteiger partial charge in [-0.3, -0.25) is 4.79 Å². The van der Waals surface area contributed by atoms with Crippen LogP contribution in [0.2, 0.25) is 0 Å². The van der Waals surface area contributed by atoms with E-state index in [2.05, 4.69) is 43.4 Å². The predicted molar refractivity (Wildman–Crippen MR) is 70.8 cm³/mol. The lowest BCUT2D eigenvalue weighted by Gasteiger charge is -2.19. The largest absolute Gasteiger partial charge is 0.488 e. The van der Waals surface area contributed by atoms with Crippen LogP contribution >= 0.6 is 0 Å². The molecule has 0 radical (unpaired) electrons. The molecule has 96 valence electrons. The number of carbonyl (C=O) groups excluding carboxylic acids is 1. The summed E-state index contributed by atoms with van der Waals surface area (Å²) in [6, 6.07) is 8.03. The number of rotatable bonds is 3. The van der Waals surface area contributed by atoms with Crippen LogP contribution in [0.25, 0.3) is 0 Å². The van der Waals surface area contributed by atoms with Crippen LogP contribution in [0, 0.1) is 0 Å². The van der Waals surface area contributed by atoms with Crippen molar-refractivity contribution in [1.29, 1.82) is 0 Å². The van der Waals surface area contributed by atoms with E-state index in [4.69, 9.17) is 4.74 Å². The lowest BCUT2D eigenvalue weighted by molar-refractivity contribution is -0.119. The van der Waals surface area contributed by atoms with Gasteiger partial charge in [-0.2, -0.15) is 5.10 Å². The number of ether oxygens (including phenoxy) is 1. The normalized spacial score (nSPS) is 15.3. The Morgan fingerprint density at radius 3 is 2.44 bits per heavy atom. The summed E-state index contributed by atoms with van der Waals surface area (Å²) in [6.07, 6.45) is 0.333. The molecule has 1 aromatic carbocycles. The molecule has 0 bridgehead atoms. The first-order valence-electron chi connectivity index (χ1n) is 6.03. The molecule has 1 aliphatic rings. The van der Waals surface area contributed by atoms with Crippen molar-refractivity contribution in [2.24, 2.45) is 5.10 Å². The number of benzene rings is 1. The number of hydrazone groups is 1. The molecule has 0 aromatic heterocycles. The Labute approximate surface area is 107 Å². The number of hydrogen-bond donors (Lipinski definition) is 1. The summed E-state index contributed by atoms with van der Waals surface area (Å²) in [5, 5.41) is 3.88. The summed E-state index contributed by atoms with van der Waals surface area (Å²) >= 11 is 0. The van der Waals surface area contributed by atoms with Gasteiger partial charge in [0, 0.05) is 0 Å². The Kier molecular flexibility index (Phi) is 3.36. The van der Waals surface area contributed by atoms with E-state index in [1.54, 1.807) is 0 Å². The van der Waals surface area contributed by atoms with E-state index in [9.17, 15) is 4.79 Å². The standard InChI is InChI=1S/C14H18N2O2/c1-14(2,3)10-4-6-12(7-5-10)18-9-11-8-13(17)16-15-11/h4-7H,8-9H2,1-3H3,(H,16,17). The molecule has 1 aromatic rings. The number of nitrogens with zero attached hydrogens (tertiary/aromatic N) is 1. The van der Waals surface area contributed by atoms with Crippen molar-refractivity contribution < 1.29 is 9.53 Å². The zero-order chi connectivity index (χ0) is 13.2. The number of nitrogens with one attached hydrogen (secondary N) is 1. The maximum atomic E-state index is 10.9. The number of hydrogen-bond acceptors (Lipinski definition) is 3. The third-order valence-corrected chi connectivity index (χ3v) is 2.83. The molecular weight excluding hydrogens is 228 g/mol. The van der Waals surface area contributed by atoms with Crippen LogP contribution in [0.3, 0.4) is 0 Å². The van der Waals surface area contributed by atoms with Gasteiger partial charge < -0.3 is 4.74 Å². The summed E-state index contributed by atoms with van der Waals surface area (Å²) in [5.74, 6) is 0.724. The minimum absolute atomic E-state index is 0.0725.